The largest absolute Gasteiger partial charge is 0.458 e. The number of carbonyl (C=O) groups excluding carboxylic acids is 4. The molecule has 1 spiro atoms. The number of para-hydroxylation sites is 1. The Morgan fingerprint density at radius 1 is 0.765 bits per heavy atom. The Hall–Kier alpha value is -5.96. The first-order valence-electron chi connectivity index (χ1n) is 17.1. The number of anilines is 1. The number of carbonyl (C=O) groups is 4. The van der Waals surface area contributed by atoms with Gasteiger partial charge < -0.3 is 14.4 Å². The van der Waals surface area contributed by atoms with E-state index in [1.54, 1.807) is 45.0 Å². The second-order valence-electron chi connectivity index (χ2n) is 14.4. The lowest BCUT2D eigenvalue weighted by Gasteiger charge is -2.31. The van der Waals surface area contributed by atoms with Crippen molar-refractivity contribution in [2.45, 2.75) is 57.5 Å². The maximum atomic E-state index is 14.8. The van der Waals surface area contributed by atoms with Gasteiger partial charge in [-0.25, -0.2) is 19.3 Å². The third-order valence-electron chi connectivity index (χ3n) is 9.96. The minimum Gasteiger partial charge on any atom is -0.458 e. The van der Waals surface area contributed by atoms with Gasteiger partial charge in [-0.3, -0.25) is 9.69 Å². The van der Waals surface area contributed by atoms with Crippen LogP contribution in [0.5, 0.6) is 0 Å². The van der Waals surface area contributed by atoms with E-state index in [0.717, 1.165) is 43.4 Å². The lowest BCUT2D eigenvalue weighted by Crippen LogP contribution is -2.52. The number of imide groups is 1. The van der Waals surface area contributed by atoms with Gasteiger partial charge in [0.15, 0.2) is 0 Å². The molecule has 6 aromatic carbocycles. The molecule has 6 aromatic rings. The minimum atomic E-state index is -1.58. The summed E-state index contributed by atoms with van der Waals surface area (Å²) >= 11 is 0. The molecule has 256 valence electrons. The van der Waals surface area contributed by atoms with Crippen molar-refractivity contribution < 1.29 is 28.7 Å². The van der Waals surface area contributed by atoms with Gasteiger partial charge in [-0.05, 0) is 76.3 Å². The number of ether oxygens (including phenoxy) is 2. The monoisotopic (exact) mass is 679 g/mol. The highest BCUT2D eigenvalue weighted by Crippen LogP contribution is 2.44. The maximum Gasteiger partial charge on any atom is 0.410 e. The van der Waals surface area contributed by atoms with Crippen molar-refractivity contribution >= 4 is 62.0 Å². The molecule has 0 aliphatic carbocycles. The van der Waals surface area contributed by atoms with Crippen molar-refractivity contribution in [3.63, 3.8) is 0 Å². The molecule has 2 fully saturated rings. The summed E-state index contributed by atoms with van der Waals surface area (Å²) in [6.45, 7) is 5.03. The van der Waals surface area contributed by atoms with Crippen molar-refractivity contribution in [3.8, 4) is 0 Å². The van der Waals surface area contributed by atoms with Gasteiger partial charge in [-0.15, -0.1) is 0 Å². The summed E-state index contributed by atoms with van der Waals surface area (Å²) in [5.41, 5.74) is -0.422. The fourth-order valence-electron chi connectivity index (χ4n) is 7.65. The van der Waals surface area contributed by atoms with E-state index in [9.17, 15) is 19.2 Å². The normalized spacial score (nSPS) is 19.3. The third kappa shape index (κ3) is 5.49. The molecule has 2 atom stereocenters. The molecule has 0 saturated carbocycles. The Kier molecular flexibility index (Phi) is 7.67. The number of amides is 4. The van der Waals surface area contributed by atoms with Gasteiger partial charge in [-0.1, -0.05) is 103 Å². The highest BCUT2D eigenvalue weighted by molar-refractivity contribution is 6.25. The van der Waals surface area contributed by atoms with Crippen LogP contribution in [-0.2, 0) is 32.2 Å². The Morgan fingerprint density at radius 2 is 1.39 bits per heavy atom. The Morgan fingerprint density at radius 3 is 2.08 bits per heavy atom. The van der Waals surface area contributed by atoms with E-state index in [0.29, 0.717) is 5.69 Å². The molecule has 2 heterocycles. The summed E-state index contributed by atoms with van der Waals surface area (Å²) in [6.07, 6.45) is -0.921. The Bertz CT molecular complexity index is 2300. The van der Waals surface area contributed by atoms with Crippen LogP contribution in [0.15, 0.2) is 115 Å². The van der Waals surface area contributed by atoms with E-state index in [-0.39, 0.29) is 26.1 Å². The summed E-state index contributed by atoms with van der Waals surface area (Å²) in [6, 6.07) is 34.8. The summed E-state index contributed by atoms with van der Waals surface area (Å²) in [7, 11) is 0. The number of rotatable bonds is 6. The predicted molar refractivity (Wildman–Crippen MR) is 195 cm³/mol. The predicted octanol–water partition coefficient (Wildman–Crippen LogP) is 8.04. The zero-order valence-corrected chi connectivity index (χ0v) is 28.7. The molecular weight excluding hydrogens is 642 g/mol. The highest BCUT2D eigenvalue weighted by atomic mass is 16.6. The number of benzene rings is 6. The van der Waals surface area contributed by atoms with Gasteiger partial charge in [0.2, 0.25) is 0 Å². The van der Waals surface area contributed by atoms with E-state index in [2.05, 4.69) is 36.4 Å². The second kappa shape index (κ2) is 12.1. The summed E-state index contributed by atoms with van der Waals surface area (Å²) in [5.74, 6) is -1.18. The first kappa shape index (κ1) is 32.3. The van der Waals surface area contributed by atoms with Crippen LogP contribution in [0.25, 0.3) is 32.3 Å². The van der Waals surface area contributed by atoms with Gasteiger partial charge >= 0.3 is 18.1 Å². The van der Waals surface area contributed by atoms with E-state index in [1.807, 2.05) is 54.6 Å². The smallest absolute Gasteiger partial charge is 0.410 e. The highest BCUT2D eigenvalue weighted by Gasteiger charge is 2.65. The summed E-state index contributed by atoms with van der Waals surface area (Å²) < 4.78 is 11.5. The van der Waals surface area contributed by atoms with Gasteiger partial charge in [0.05, 0.1) is 12.2 Å². The fraction of sp³-hybridized carbons (Fsp3) is 0.238. The zero-order valence-electron chi connectivity index (χ0n) is 28.7. The standard InChI is InChI=1S/C42H37N3O6/c1-41(2,3)51-37(46)34-23-42(26-43(34)40(49)50-25-27-11-6-4-7-12-27)38(47)45(32-15-8-5-9-16-32)39(48)44(42)24-31-20-19-30-18-17-28-13-10-14-29-21-22-33(31)36(30)35(28)29/h4-22,34H,23-26H2,1-3H3/t34-,42-/m0/s1. The summed E-state index contributed by atoms with van der Waals surface area (Å²) in [4.78, 5) is 61.1. The van der Waals surface area contributed by atoms with Crippen LogP contribution in [-0.4, -0.2) is 57.5 Å². The fourth-order valence-corrected chi connectivity index (χ4v) is 7.65. The average molecular weight is 680 g/mol. The molecule has 4 amide bonds. The quantitative estimate of drug-likeness (QED) is 0.100. The van der Waals surface area contributed by atoms with Crippen molar-refractivity contribution in [1.29, 1.82) is 0 Å². The van der Waals surface area contributed by atoms with Gasteiger partial charge in [0.25, 0.3) is 5.91 Å². The average Bonchev–Trinajstić information content (AvgIpc) is 3.62. The van der Waals surface area contributed by atoms with E-state index in [1.165, 1.54) is 14.7 Å². The first-order valence-corrected chi connectivity index (χ1v) is 17.1. The molecule has 0 aromatic heterocycles. The second-order valence-corrected chi connectivity index (χ2v) is 14.4. The van der Waals surface area contributed by atoms with Crippen molar-refractivity contribution in [1.82, 2.24) is 9.80 Å². The van der Waals surface area contributed by atoms with Crippen LogP contribution >= 0.6 is 0 Å². The molecule has 0 N–H and O–H groups in total. The number of hydrogen-bond donors (Lipinski definition) is 0. The first-order chi connectivity index (χ1) is 24.5. The van der Waals surface area contributed by atoms with Crippen LogP contribution < -0.4 is 4.90 Å². The number of hydrogen-bond acceptors (Lipinski definition) is 6. The lowest BCUT2D eigenvalue weighted by molar-refractivity contribution is -0.159. The summed E-state index contributed by atoms with van der Waals surface area (Å²) in [5, 5.41) is 6.48. The molecule has 0 unspecified atom stereocenters. The number of likely N-dealkylation sites (tertiary alicyclic amines) is 1. The van der Waals surface area contributed by atoms with Crippen molar-refractivity contribution in [3.05, 3.63) is 126 Å². The van der Waals surface area contributed by atoms with Crippen LogP contribution in [0.1, 0.15) is 38.3 Å². The lowest BCUT2D eigenvalue weighted by atomic mass is 9.90. The van der Waals surface area contributed by atoms with Crippen LogP contribution in [0, 0.1) is 0 Å². The molecule has 9 nitrogen and oxygen atoms in total. The van der Waals surface area contributed by atoms with Gasteiger partial charge in [0.1, 0.15) is 23.8 Å². The van der Waals surface area contributed by atoms with Gasteiger partial charge in [0, 0.05) is 13.0 Å². The van der Waals surface area contributed by atoms with Gasteiger partial charge in [-0.2, -0.15) is 0 Å². The van der Waals surface area contributed by atoms with Crippen molar-refractivity contribution in [2.75, 3.05) is 11.4 Å². The number of urea groups is 1. The number of nitrogens with zero attached hydrogens (tertiary/aromatic N) is 3. The SMILES string of the molecule is CC(C)(C)OC(=O)[C@@H]1C[C@]2(CN1C(=O)OCc1ccccc1)C(=O)N(c1ccccc1)C(=O)N2Cc1ccc2ccc3cccc4ccc1c2c34. The molecule has 9 heteroatoms. The third-order valence-corrected chi connectivity index (χ3v) is 9.96. The number of esters is 1. The molecule has 0 bridgehead atoms. The van der Waals surface area contributed by atoms with Crippen LogP contribution in [0.3, 0.4) is 0 Å². The van der Waals surface area contributed by atoms with Crippen molar-refractivity contribution in [2.24, 2.45) is 0 Å². The molecule has 0 radical (unpaired) electrons. The Balaban J connectivity index is 1.23. The molecule has 2 aliphatic rings. The Labute approximate surface area is 295 Å². The molecule has 2 saturated heterocycles. The molecule has 51 heavy (non-hydrogen) atoms. The molecular formula is C42H37N3O6. The molecule has 2 aliphatic heterocycles. The van der Waals surface area contributed by atoms with E-state index >= 15 is 0 Å². The topological polar surface area (TPSA) is 96.5 Å². The zero-order chi connectivity index (χ0) is 35.5. The van der Waals surface area contributed by atoms with E-state index < -0.39 is 41.2 Å². The maximum absolute atomic E-state index is 14.8. The molecule has 8 rings (SSSR count). The van der Waals surface area contributed by atoms with E-state index in [4.69, 9.17) is 9.47 Å². The van der Waals surface area contributed by atoms with Crippen LogP contribution in [0.2, 0.25) is 0 Å². The minimum absolute atomic E-state index is 0.0281. The van der Waals surface area contributed by atoms with Crippen LogP contribution in [0.4, 0.5) is 15.3 Å².